The molecule has 0 fully saturated rings. The first-order chi connectivity index (χ1) is 10.8. The van der Waals surface area contributed by atoms with E-state index in [9.17, 15) is 4.79 Å². The highest BCUT2D eigenvalue weighted by Gasteiger charge is 2.14. The van der Waals surface area contributed by atoms with Crippen LogP contribution in [0.4, 0.5) is 5.69 Å². The first kappa shape index (κ1) is 13.1. The minimum absolute atomic E-state index is 0.0787. The van der Waals surface area contributed by atoms with Gasteiger partial charge in [-0.15, -0.1) is 0 Å². The maximum Gasteiger partial charge on any atom is 0.258 e. The number of anilines is 1. The highest BCUT2D eigenvalue weighted by Crippen LogP contribution is 2.23. The first-order valence-corrected chi connectivity index (χ1v) is 7.60. The summed E-state index contributed by atoms with van der Waals surface area (Å²) in [4.78, 5) is 21.1. The number of rotatable bonds is 1. The molecule has 4 nitrogen and oxygen atoms in total. The van der Waals surface area contributed by atoms with Gasteiger partial charge in [0, 0.05) is 18.8 Å². The largest absolute Gasteiger partial charge is 0.371 e. The van der Waals surface area contributed by atoms with E-state index in [0.29, 0.717) is 5.39 Å². The minimum atomic E-state index is -0.0787. The van der Waals surface area contributed by atoms with Crippen molar-refractivity contribution in [3.63, 3.8) is 0 Å². The molecule has 0 spiro atoms. The molecule has 0 aliphatic carbocycles. The highest BCUT2D eigenvalue weighted by molar-refractivity contribution is 5.81. The van der Waals surface area contributed by atoms with Gasteiger partial charge in [0.05, 0.1) is 17.2 Å². The molecule has 0 radical (unpaired) electrons. The van der Waals surface area contributed by atoms with Crippen LogP contribution in [0.25, 0.3) is 10.9 Å². The van der Waals surface area contributed by atoms with Crippen molar-refractivity contribution >= 4 is 16.6 Å². The average Bonchev–Trinajstić information content (AvgIpc) is 2.78. The van der Waals surface area contributed by atoms with Crippen LogP contribution in [-0.2, 0) is 12.8 Å². The van der Waals surface area contributed by atoms with Gasteiger partial charge in [-0.25, -0.2) is 4.98 Å². The molecule has 0 amide bonds. The second-order valence-electron chi connectivity index (χ2n) is 5.69. The number of hydrogen-bond donors (Lipinski definition) is 1. The Morgan fingerprint density at radius 1 is 1.00 bits per heavy atom. The molecule has 0 atom stereocenters. The van der Waals surface area contributed by atoms with Gasteiger partial charge in [-0.2, -0.15) is 0 Å². The summed E-state index contributed by atoms with van der Waals surface area (Å²) in [6.07, 6.45) is 3.53. The summed E-state index contributed by atoms with van der Waals surface area (Å²) in [7, 11) is 0. The van der Waals surface area contributed by atoms with E-state index in [1.54, 1.807) is 0 Å². The van der Waals surface area contributed by atoms with Gasteiger partial charge in [0.15, 0.2) is 0 Å². The van der Waals surface area contributed by atoms with E-state index >= 15 is 0 Å². The summed E-state index contributed by atoms with van der Waals surface area (Å²) < 4.78 is 0. The van der Waals surface area contributed by atoms with Gasteiger partial charge in [0.25, 0.3) is 5.56 Å². The summed E-state index contributed by atoms with van der Waals surface area (Å²) in [5.74, 6) is 0. The summed E-state index contributed by atoms with van der Waals surface area (Å²) in [6.45, 7) is 1.95. The Hall–Kier alpha value is -2.62. The predicted octanol–water partition coefficient (Wildman–Crippen LogP) is 2.53. The Bertz CT molecular complexity index is 858. The Morgan fingerprint density at radius 3 is 2.45 bits per heavy atom. The van der Waals surface area contributed by atoms with E-state index < -0.39 is 0 Å². The second kappa shape index (κ2) is 5.30. The number of aromatic amines is 1. The molecule has 1 aliphatic rings. The molecule has 22 heavy (non-hydrogen) atoms. The van der Waals surface area contributed by atoms with Crippen LogP contribution in [0.3, 0.4) is 0 Å². The zero-order valence-electron chi connectivity index (χ0n) is 12.2. The highest BCUT2D eigenvalue weighted by atomic mass is 16.1. The molecule has 4 heteroatoms. The summed E-state index contributed by atoms with van der Waals surface area (Å²) in [6, 6.07) is 14.6. The lowest BCUT2D eigenvalue weighted by molar-refractivity contribution is 0.806. The van der Waals surface area contributed by atoms with Gasteiger partial charge in [-0.05, 0) is 42.2 Å². The molecule has 2 aromatic carbocycles. The van der Waals surface area contributed by atoms with Gasteiger partial charge in [-0.1, -0.05) is 24.3 Å². The van der Waals surface area contributed by atoms with Gasteiger partial charge in [0.2, 0.25) is 0 Å². The fourth-order valence-electron chi connectivity index (χ4n) is 3.18. The van der Waals surface area contributed by atoms with E-state index in [-0.39, 0.29) is 5.56 Å². The number of H-pyrrole nitrogens is 1. The number of nitrogens with zero attached hydrogens (tertiary/aromatic N) is 2. The Kier molecular flexibility index (Phi) is 3.15. The van der Waals surface area contributed by atoms with E-state index in [0.717, 1.165) is 37.1 Å². The molecular formula is C18H17N3O. The Balaban J connectivity index is 1.68. The molecule has 0 unspecified atom stereocenters. The molecule has 4 rings (SSSR count). The fourth-order valence-corrected chi connectivity index (χ4v) is 3.18. The number of fused-ring (bicyclic) bond motifs is 2. The van der Waals surface area contributed by atoms with Crippen LogP contribution in [0.1, 0.15) is 11.1 Å². The van der Waals surface area contributed by atoms with Crippen molar-refractivity contribution < 1.29 is 0 Å². The van der Waals surface area contributed by atoms with Crippen molar-refractivity contribution in [3.05, 3.63) is 70.3 Å². The van der Waals surface area contributed by atoms with Gasteiger partial charge in [0.1, 0.15) is 0 Å². The number of benzene rings is 2. The molecule has 2 heterocycles. The average molecular weight is 291 g/mol. The monoisotopic (exact) mass is 291 g/mol. The smallest absolute Gasteiger partial charge is 0.258 e. The number of nitrogens with one attached hydrogen (secondary N) is 1. The maximum absolute atomic E-state index is 11.9. The lowest BCUT2D eigenvalue weighted by Gasteiger charge is -2.22. The number of aromatic nitrogens is 2. The molecule has 3 aromatic rings. The van der Waals surface area contributed by atoms with Crippen molar-refractivity contribution in [2.24, 2.45) is 0 Å². The van der Waals surface area contributed by atoms with Crippen molar-refractivity contribution in [1.29, 1.82) is 0 Å². The lowest BCUT2D eigenvalue weighted by atomic mass is 10.0. The lowest BCUT2D eigenvalue weighted by Crippen LogP contribution is -2.26. The summed E-state index contributed by atoms with van der Waals surface area (Å²) in [5, 5.41) is 0.654. The van der Waals surface area contributed by atoms with Crippen molar-refractivity contribution in [2.45, 2.75) is 12.8 Å². The van der Waals surface area contributed by atoms with Crippen LogP contribution in [0.15, 0.2) is 53.6 Å². The second-order valence-corrected chi connectivity index (χ2v) is 5.69. The van der Waals surface area contributed by atoms with Crippen LogP contribution in [0, 0.1) is 0 Å². The van der Waals surface area contributed by atoms with Gasteiger partial charge < -0.3 is 9.88 Å². The van der Waals surface area contributed by atoms with Crippen LogP contribution >= 0.6 is 0 Å². The van der Waals surface area contributed by atoms with Crippen LogP contribution in [-0.4, -0.2) is 23.1 Å². The van der Waals surface area contributed by atoms with Gasteiger partial charge >= 0.3 is 0 Å². The normalized spacial score (nSPS) is 14.6. The molecular weight excluding hydrogens is 274 g/mol. The maximum atomic E-state index is 11.9. The zero-order chi connectivity index (χ0) is 14.9. The Morgan fingerprint density at radius 2 is 1.73 bits per heavy atom. The summed E-state index contributed by atoms with van der Waals surface area (Å²) in [5.41, 5.74) is 4.63. The standard InChI is InChI=1S/C18H17N3O/c22-18-16-11-15(5-6-17(16)19-12-20-18)21-9-7-13-3-1-2-4-14(13)8-10-21/h1-6,11-12H,7-10H2,(H,19,20,22). The van der Waals surface area contributed by atoms with E-state index in [1.807, 2.05) is 12.1 Å². The SMILES string of the molecule is O=c1[nH]cnc2ccc(N3CCc4ccccc4CC3)cc12. The number of hydrogen-bond acceptors (Lipinski definition) is 3. The zero-order valence-corrected chi connectivity index (χ0v) is 12.2. The first-order valence-electron chi connectivity index (χ1n) is 7.60. The molecule has 0 bridgehead atoms. The van der Waals surface area contributed by atoms with Crippen LogP contribution in [0.5, 0.6) is 0 Å². The fraction of sp³-hybridized carbons (Fsp3) is 0.222. The van der Waals surface area contributed by atoms with Crippen LogP contribution in [0.2, 0.25) is 0 Å². The van der Waals surface area contributed by atoms with E-state index in [2.05, 4.69) is 45.2 Å². The Labute approximate surface area is 128 Å². The van der Waals surface area contributed by atoms with Crippen molar-refractivity contribution in [2.75, 3.05) is 18.0 Å². The van der Waals surface area contributed by atoms with Crippen molar-refractivity contribution in [3.8, 4) is 0 Å². The predicted molar refractivity (Wildman–Crippen MR) is 88.4 cm³/mol. The summed E-state index contributed by atoms with van der Waals surface area (Å²) >= 11 is 0. The molecule has 1 aromatic heterocycles. The molecule has 1 N–H and O–H groups in total. The third-order valence-corrected chi connectivity index (χ3v) is 4.41. The van der Waals surface area contributed by atoms with Crippen molar-refractivity contribution in [1.82, 2.24) is 9.97 Å². The topological polar surface area (TPSA) is 49.0 Å². The van der Waals surface area contributed by atoms with Gasteiger partial charge in [-0.3, -0.25) is 4.79 Å². The third kappa shape index (κ3) is 2.26. The third-order valence-electron chi connectivity index (χ3n) is 4.41. The molecule has 0 saturated heterocycles. The van der Waals surface area contributed by atoms with E-state index in [1.165, 1.54) is 17.5 Å². The quantitative estimate of drug-likeness (QED) is 0.749. The van der Waals surface area contributed by atoms with Crippen LogP contribution < -0.4 is 10.5 Å². The molecule has 1 aliphatic heterocycles. The van der Waals surface area contributed by atoms with E-state index in [4.69, 9.17) is 0 Å². The molecule has 0 saturated carbocycles. The molecule has 110 valence electrons. The minimum Gasteiger partial charge on any atom is -0.371 e.